The highest BCUT2D eigenvalue weighted by Crippen LogP contribution is 2.43. The number of nitrogens with one attached hydrogen (secondary N) is 2. The number of alkyl carbamates (subject to hydrolysis) is 2. The van der Waals surface area contributed by atoms with E-state index < -0.39 is 106 Å². The Morgan fingerprint density at radius 3 is 1.13 bits per heavy atom. The number of hydrogen-bond acceptors (Lipinski definition) is 15. The fourth-order valence-electron chi connectivity index (χ4n) is 7.09. The lowest BCUT2D eigenvalue weighted by Gasteiger charge is -2.23. The van der Waals surface area contributed by atoms with Crippen molar-refractivity contribution in [2.45, 2.75) is 272 Å². The van der Waals surface area contributed by atoms with Crippen LogP contribution < -0.4 is 10.6 Å². The molecule has 0 bridgehead atoms. The van der Waals surface area contributed by atoms with Gasteiger partial charge in [-0.25, -0.2) is 14.2 Å². The SMILES string of the molecule is CCCCCCCCCCCCCC(=O)OCC(COP(=O)(O)OCC(COC(=O)CC(C)NC(=O)OC(C)(C)C)OC(=O)CC(C)NC(=O)OC(C)(C)C)OC(=O)CCCCCCCCCCCCC. The summed E-state index contributed by atoms with van der Waals surface area (Å²) in [5.74, 6) is -2.77. The topological polar surface area (TPSA) is 238 Å². The standard InChI is InChI=1S/C52H97N2O16P/c1-11-13-15-17-19-21-23-25-27-29-31-33-45(55)63-37-43(67-46(56)34-32-30-28-26-24-22-20-18-16-14-12-2)39-65-71(61,62)66-40-44(68-48(58)36-42(4)54-50(60)70-52(8,9)10)38-64-47(57)35-41(3)53-49(59)69-51(5,6)7/h41-44H,11-40H2,1-10H3,(H,53,59)(H,54,60)(H,61,62). The van der Waals surface area contributed by atoms with Gasteiger partial charge in [-0.2, -0.15) is 0 Å². The van der Waals surface area contributed by atoms with E-state index in [1.807, 2.05) is 0 Å². The van der Waals surface area contributed by atoms with Gasteiger partial charge in [-0.3, -0.25) is 28.2 Å². The Balaban J connectivity index is 5.59. The predicted molar refractivity (Wildman–Crippen MR) is 272 cm³/mol. The minimum Gasteiger partial charge on any atom is -0.462 e. The fourth-order valence-corrected chi connectivity index (χ4v) is 7.88. The van der Waals surface area contributed by atoms with Gasteiger partial charge in [0, 0.05) is 24.9 Å². The number of amides is 2. The van der Waals surface area contributed by atoms with Crippen molar-refractivity contribution in [2.24, 2.45) is 0 Å². The Kier molecular flexibility index (Phi) is 38.0. The summed E-state index contributed by atoms with van der Waals surface area (Å²) in [6.45, 7) is 15.0. The molecule has 0 radical (unpaired) electrons. The van der Waals surface area contributed by atoms with Crippen LogP contribution in [0.15, 0.2) is 0 Å². The third kappa shape index (κ3) is 44.9. The van der Waals surface area contributed by atoms with Gasteiger partial charge in [0.05, 0.1) is 26.1 Å². The molecule has 0 spiro atoms. The lowest BCUT2D eigenvalue weighted by atomic mass is 10.1. The van der Waals surface area contributed by atoms with Gasteiger partial charge in [-0.15, -0.1) is 0 Å². The van der Waals surface area contributed by atoms with Crippen molar-refractivity contribution in [2.75, 3.05) is 26.4 Å². The molecule has 0 heterocycles. The highest BCUT2D eigenvalue weighted by Gasteiger charge is 2.30. The molecule has 0 aromatic heterocycles. The Labute approximate surface area is 427 Å². The van der Waals surface area contributed by atoms with Gasteiger partial charge >= 0.3 is 43.9 Å². The molecule has 2 amide bonds. The summed E-state index contributed by atoms with van der Waals surface area (Å²) in [4.78, 5) is 86.6. The van der Waals surface area contributed by atoms with E-state index in [1.54, 1.807) is 48.5 Å². The normalized spacial score (nSPS) is 14.2. The number of unbranched alkanes of at least 4 members (excludes halogenated alkanes) is 20. The highest BCUT2D eigenvalue weighted by molar-refractivity contribution is 7.47. The van der Waals surface area contributed by atoms with Crippen molar-refractivity contribution in [1.82, 2.24) is 10.6 Å². The Bertz CT molecular complexity index is 1520. The first kappa shape index (κ1) is 67.5. The quantitative estimate of drug-likeness (QED) is 0.0223. The van der Waals surface area contributed by atoms with Gasteiger partial charge in [-0.05, 0) is 68.2 Å². The fraction of sp³-hybridized carbons (Fsp3) is 0.885. The molecule has 0 saturated carbocycles. The molecule has 5 atom stereocenters. The van der Waals surface area contributed by atoms with Crippen LogP contribution in [0.1, 0.15) is 236 Å². The van der Waals surface area contributed by atoms with Crippen molar-refractivity contribution in [1.29, 1.82) is 0 Å². The third-order valence-corrected chi connectivity index (χ3v) is 11.7. The van der Waals surface area contributed by atoms with E-state index in [1.165, 1.54) is 90.4 Å². The highest BCUT2D eigenvalue weighted by atomic mass is 31.2. The van der Waals surface area contributed by atoms with Crippen LogP contribution in [0.4, 0.5) is 9.59 Å². The van der Waals surface area contributed by atoms with Crippen molar-refractivity contribution < 1.29 is 75.7 Å². The second kappa shape index (κ2) is 40.0. The zero-order valence-corrected chi connectivity index (χ0v) is 46.4. The first-order chi connectivity index (χ1) is 33.4. The molecule has 0 aromatic carbocycles. The summed E-state index contributed by atoms with van der Waals surface area (Å²) in [7, 11) is -4.99. The molecule has 0 fully saturated rings. The molecular formula is C52H97N2O16P. The molecule has 0 aliphatic carbocycles. The summed E-state index contributed by atoms with van der Waals surface area (Å²) in [6, 6.07) is -1.48. The van der Waals surface area contributed by atoms with E-state index >= 15 is 0 Å². The number of ether oxygens (including phenoxy) is 6. The molecule has 18 nitrogen and oxygen atoms in total. The molecule has 0 rings (SSSR count). The molecule has 416 valence electrons. The number of phosphoric acid groups is 1. The molecule has 0 aliphatic rings. The second-order valence-corrected chi connectivity index (χ2v) is 22.2. The minimum atomic E-state index is -4.99. The molecule has 19 heteroatoms. The number of carbonyl (C=O) groups excluding carboxylic acids is 6. The number of rotatable bonds is 42. The lowest BCUT2D eigenvalue weighted by Crippen LogP contribution is -2.40. The summed E-state index contributed by atoms with van der Waals surface area (Å²) in [5, 5.41) is 5.04. The molecule has 71 heavy (non-hydrogen) atoms. The minimum absolute atomic E-state index is 0.0982. The number of carbonyl (C=O) groups is 6. The van der Waals surface area contributed by atoms with Crippen molar-refractivity contribution in [3.63, 3.8) is 0 Å². The third-order valence-electron chi connectivity index (χ3n) is 10.7. The molecule has 5 unspecified atom stereocenters. The summed E-state index contributed by atoms with van der Waals surface area (Å²) in [6.07, 6.45) is 19.9. The van der Waals surface area contributed by atoms with Crippen LogP contribution in [0.5, 0.6) is 0 Å². The van der Waals surface area contributed by atoms with E-state index in [2.05, 4.69) is 24.5 Å². The average Bonchev–Trinajstić information content (AvgIpc) is 3.25. The van der Waals surface area contributed by atoms with Crippen LogP contribution in [0, 0.1) is 0 Å². The van der Waals surface area contributed by atoms with E-state index in [-0.39, 0.29) is 25.7 Å². The van der Waals surface area contributed by atoms with Gasteiger partial charge < -0.3 is 43.9 Å². The first-order valence-electron chi connectivity index (χ1n) is 26.7. The van der Waals surface area contributed by atoms with Crippen LogP contribution in [0.25, 0.3) is 0 Å². The smallest absolute Gasteiger partial charge is 0.462 e. The van der Waals surface area contributed by atoms with Gasteiger partial charge in [0.2, 0.25) is 0 Å². The zero-order valence-electron chi connectivity index (χ0n) is 45.5. The van der Waals surface area contributed by atoms with Gasteiger partial charge in [0.15, 0.2) is 12.2 Å². The van der Waals surface area contributed by atoms with Crippen LogP contribution in [-0.4, -0.2) is 103 Å². The van der Waals surface area contributed by atoms with Crippen LogP contribution in [-0.2, 0) is 61.2 Å². The van der Waals surface area contributed by atoms with Crippen LogP contribution in [0.2, 0.25) is 0 Å². The summed E-state index contributed by atoms with van der Waals surface area (Å²) < 4.78 is 55.9. The lowest BCUT2D eigenvalue weighted by molar-refractivity contribution is -0.162. The summed E-state index contributed by atoms with van der Waals surface area (Å²) in [5.41, 5.74) is -1.56. The first-order valence-corrected chi connectivity index (χ1v) is 28.2. The van der Waals surface area contributed by atoms with E-state index in [4.69, 9.17) is 37.5 Å². The van der Waals surface area contributed by atoms with Crippen molar-refractivity contribution >= 4 is 43.9 Å². The maximum absolute atomic E-state index is 13.2. The predicted octanol–water partition coefficient (Wildman–Crippen LogP) is 12.0. The maximum Gasteiger partial charge on any atom is 0.472 e. The molecule has 0 aliphatic heterocycles. The zero-order chi connectivity index (χ0) is 53.6. The summed E-state index contributed by atoms with van der Waals surface area (Å²) >= 11 is 0. The van der Waals surface area contributed by atoms with Gasteiger partial charge in [0.1, 0.15) is 24.4 Å². The Morgan fingerprint density at radius 1 is 0.451 bits per heavy atom. The maximum atomic E-state index is 13.2. The molecule has 3 N–H and O–H groups in total. The van der Waals surface area contributed by atoms with Crippen molar-refractivity contribution in [3.05, 3.63) is 0 Å². The van der Waals surface area contributed by atoms with Crippen LogP contribution in [0.3, 0.4) is 0 Å². The van der Waals surface area contributed by atoms with Crippen LogP contribution >= 0.6 is 7.82 Å². The molecule has 0 aromatic rings. The Morgan fingerprint density at radius 2 is 0.761 bits per heavy atom. The molecular weight excluding hydrogens is 940 g/mol. The number of phosphoric ester groups is 1. The largest absolute Gasteiger partial charge is 0.472 e. The van der Waals surface area contributed by atoms with Gasteiger partial charge in [-0.1, -0.05) is 142 Å². The van der Waals surface area contributed by atoms with E-state index in [0.717, 1.165) is 44.9 Å². The van der Waals surface area contributed by atoms with Crippen molar-refractivity contribution in [3.8, 4) is 0 Å². The number of hydrogen-bond donors (Lipinski definition) is 3. The Hall–Kier alpha value is -3.47. The van der Waals surface area contributed by atoms with E-state index in [9.17, 15) is 38.2 Å². The van der Waals surface area contributed by atoms with E-state index in [0.29, 0.717) is 12.8 Å². The monoisotopic (exact) mass is 1040 g/mol. The average molecular weight is 1040 g/mol. The van der Waals surface area contributed by atoms with Gasteiger partial charge in [0.25, 0.3) is 0 Å². The molecule has 0 saturated heterocycles. The second-order valence-electron chi connectivity index (χ2n) is 20.7. The number of esters is 4.